The molecule has 0 saturated carbocycles. The summed E-state index contributed by atoms with van der Waals surface area (Å²) < 4.78 is 15.5. The van der Waals surface area contributed by atoms with Crippen LogP contribution in [0.2, 0.25) is 0 Å². The predicted molar refractivity (Wildman–Crippen MR) is 171 cm³/mol. The molecule has 6 rings (SSSR count). The Morgan fingerprint density at radius 1 is 0.933 bits per heavy atom. The van der Waals surface area contributed by atoms with Gasteiger partial charge in [0.05, 0.1) is 17.3 Å². The summed E-state index contributed by atoms with van der Waals surface area (Å²) >= 11 is 0. The number of halogens is 1. The van der Waals surface area contributed by atoms with E-state index >= 15 is 0 Å². The molecule has 10 heteroatoms. The molecule has 3 aliphatic rings. The third-order valence-electron chi connectivity index (χ3n) is 9.55. The van der Waals surface area contributed by atoms with Crippen LogP contribution in [-0.2, 0) is 11.3 Å². The average molecular weight is 614 g/mol. The van der Waals surface area contributed by atoms with Crippen molar-refractivity contribution in [3.63, 3.8) is 0 Å². The number of hydrogen-bond donors (Lipinski definition) is 1. The molecular formula is C35H40FN5O4. The van der Waals surface area contributed by atoms with Gasteiger partial charge in [-0.1, -0.05) is 6.07 Å². The highest BCUT2D eigenvalue weighted by molar-refractivity contribution is 6.07. The lowest BCUT2D eigenvalue weighted by atomic mass is 9.83. The molecule has 45 heavy (non-hydrogen) atoms. The second-order valence-corrected chi connectivity index (χ2v) is 12.4. The molecule has 3 unspecified atom stereocenters. The number of pyridine rings is 1. The Labute approximate surface area is 262 Å². The van der Waals surface area contributed by atoms with Crippen molar-refractivity contribution < 1.29 is 18.8 Å². The number of aromatic nitrogens is 1. The maximum atomic E-state index is 13.8. The number of carbonyl (C=O) groups is 3. The highest BCUT2D eigenvalue weighted by Gasteiger charge is 2.36. The molecule has 3 amide bonds. The van der Waals surface area contributed by atoms with Gasteiger partial charge in [-0.05, 0) is 87.6 Å². The monoisotopic (exact) mass is 613 g/mol. The first-order valence-corrected chi connectivity index (χ1v) is 16.0. The molecule has 2 aromatic carbocycles. The van der Waals surface area contributed by atoms with Gasteiger partial charge in [0.25, 0.3) is 17.4 Å². The van der Waals surface area contributed by atoms with Crippen molar-refractivity contribution in [3.05, 3.63) is 93.7 Å². The lowest BCUT2D eigenvalue weighted by molar-refractivity contribution is -0.136. The minimum Gasteiger partial charge on any atom is -0.369 e. The molecular weight excluding hydrogens is 573 g/mol. The van der Waals surface area contributed by atoms with Crippen LogP contribution in [-0.4, -0.2) is 71.4 Å². The summed E-state index contributed by atoms with van der Waals surface area (Å²) in [5.74, 6) is -0.757. The van der Waals surface area contributed by atoms with Crippen LogP contribution in [0.15, 0.2) is 65.5 Å². The quantitative estimate of drug-likeness (QED) is 0.421. The SMILES string of the molecule is CCN(CC)C(=O)C1CCCN(C(=O)c2ccc(N3CC4CC(C3)c3cccc(=O)n3C4)c(NC(=O)c3ccc(F)cc3)c2)C1. The van der Waals surface area contributed by atoms with Crippen molar-refractivity contribution in [1.82, 2.24) is 14.4 Å². The fourth-order valence-corrected chi connectivity index (χ4v) is 7.27. The summed E-state index contributed by atoms with van der Waals surface area (Å²) in [5, 5.41) is 3.00. The molecule has 0 radical (unpaired) electrons. The zero-order valence-corrected chi connectivity index (χ0v) is 25.9. The summed E-state index contributed by atoms with van der Waals surface area (Å²) in [7, 11) is 0. The Kier molecular flexibility index (Phi) is 8.74. The molecule has 0 aliphatic carbocycles. The molecule has 3 aromatic rings. The van der Waals surface area contributed by atoms with Crippen LogP contribution in [0, 0.1) is 17.7 Å². The van der Waals surface area contributed by atoms with Crippen LogP contribution in [0.4, 0.5) is 15.8 Å². The van der Waals surface area contributed by atoms with E-state index in [-0.39, 0.29) is 35.1 Å². The van der Waals surface area contributed by atoms with E-state index in [9.17, 15) is 23.6 Å². The molecule has 1 aromatic heterocycles. The highest BCUT2D eigenvalue weighted by atomic mass is 19.1. The van der Waals surface area contributed by atoms with E-state index in [1.165, 1.54) is 24.3 Å². The van der Waals surface area contributed by atoms with Gasteiger partial charge in [-0.2, -0.15) is 0 Å². The minimum absolute atomic E-state index is 0.0181. The number of piperidine rings is 2. The highest BCUT2D eigenvalue weighted by Crippen LogP contribution is 2.39. The second kappa shape index (κ2) is 12.9. The van der Waals surface area contributed by atoms with Gasteiger partial charge >= 0.3 is 0 Å². The molecule has 3 aliphatic heterocycles. The number of anilines is 2. The summed E-state index contributed by atoms with van der Waals surface area (Å²) in [6.07, 6.45) is 2.48. The van der Waals surface area contributed by atoms with E-state index in [4.69, 9.17) is 0 Å². The summed E-state index contributed by atoms with van der Waals surface area (Å²) in [5.41, 5.74) is 3.05. The standard InChI is InChI=1S/C35H40FN5O4/c1-3-38(4-2)35(45)26-7-6-16-39(21-26)34(44)25-12-15-31(29(18-25)37-33(43)24-10-13-28(36)14-11-24)40-19-23-17-27(22-40)30-8-5-9-32(42)41(30)20-23/h5,8-15,18,23,26-27H,3-4,6-7,16-17,19-22H2,1-2H3,(H,37,43). The minimum atomic E-state index is -0.432. The summed E-state index contributed by atoms with van der Waals surface area (Å²) in [4.78, 5) is 58.6. The zero-order valence-electron chi connectivity index (χ0n) is 25.9. The Hall–Kier alpha value is -4.47. The largest absolute Gasteiger partial charge is 0.369 e. The molecule has 2 bridgehead atoms. The molecule has 3 atom stereocenters. The van der Waals surface area contributed by atoms with Crippen LogP contribution >= 0.6 is 0 Å². The predicted octanol–water partition coefficient (Wildman–Crippen LogP) is 4.58. The van der Waals surface area contributed by atoms with Crippen molar-refractivity contribution in [1.29, 1.82) is 0 Å². The normalized spacial score (nSPS) is 20.7. The lowest BCUT2D eigenvalue weighted by Gasteiger charge is -2.44. The van der Waals surface area contributed by atoms with Crippen molar-refractivity contribution in [2.24, 2.45) is 11.8 Å². The number of nitrogens with zero attached hydrogens (tertiary/aromatic N) is 4. The number of fused-ring (bicyclic) bond motifs is 4. The molecule has 0 spiro atoms. The Morgan fingerprint density at radius 3 is 2.44 bits per heavy atom. The van der Waals surface area contributed by atoms with E-state index in [1.54, 1.807) is 23.1 Å². The maximum Gasteiger partial charge on any atom is 0.255 e. The number of carbonyl (C=O) groups excluding carboxylic acids is 3. The second-order valence-electron chi connectivity index (χ2n) is 12.4. The Bertz CT molecular complexity index is 1650. The average Bonchev–Trinajstić information content (AvgIpc) is 3.05. The Balaban J connectivity index is 1.29. The third kappa shape index (κ3) is 6.23. The van der Waals surface area contributed by atoms with E-state index in [1.807, 2.05) is 41.5 Å². The van der Waals surface area contributed by atoms with Gasteiger partial charge in [-0.15, -0.1) is 0 Å². The number of rotatable bonds is 7. The third-order valence-corrected chi connectivity index (χ3v) is 9.55. The summed E-state index contributed by atoms with van der Waals surface area (Å²) in [6.45, 7) is 8.13. The molecule has 9 nitrogen and oxygen atoms in total. The van der Waals surface area contributed by atoms with Gasteiger partial charge in [-0.3, -0.25) is 19.2 Å². The van der Waals surface area contributed by atoms with E-state index in [0.717, 1.165) is 30.6 Å². The van der Waals surface area contributed by atoms with Gasteiger partial charge in [0.1, 0.15) is 5.82 Å². The number of likely N-dealkylation sites (tertiary alicyclic amines) is 1. The fraction of sp³-hybridized carbons (Fsp3) is 0.429. The van der Waals surface area contributed by atoms with E-state index in [0.29, 0.717) is 62.6 Å². The van der Waals surface area contributed by atoms with Gasteiger partial charge in [0, 0.05) is 74.6 Å². The van der Waals surface area contributed by atoms with Gasteiger partial charge in [0.2, 0.25) is 5.91 Å². The molecule has 236 valence electrons. The molecule has 2 saturated heterocycles. The topological polar surface area (TPSA) is 95.0 Å². The van der Waals surface area contributed by atoms with Crippen LogP contribution in [0.5, 0.6) is 0 Å². The number of hydrogen-bond acceptors (Lipinski definition) is 5. The van der Waals surface area contributed by atoms with Crippen LogP contribution in [0.25, 0.3) is 0 Å². The number of benzene rings is 2. The Morgan fingerprint density at radius 2 is 1.69 bits per heavy atom. The first-order valence-electron chi connectivity index (χ1n) is 16.0. The molecule has 1 N–H and O–H groups in total. The maximum absolute atomic E-state index is 13.8. The number of amides is 3. The van der Waals surface area contributed by atoms with Crippen molar-refractivity contribution in [2.75, 3.05) is 49.5 Å². The van der Waals surface area contributed by atoms with Gasteiger partial charge in [0.15, 0.2) is 0 Å². The molecule has 4 heterocycles. The fourth-order valence-electron chi connectivity index (χ4n) is 7.27. The number of nitrogens with one attached hydrogen (secondary N) is 1. The van der Waals surface area contributed by atoms with Gasteiger partial charge in [-0.25, -0.2) is 4.39 Å². The molecule has 2 fully saturated rings. The van der Waals surface area contributed by atoms with Crippen LogP contribution < -0.4 is 15.8 Å². The van der Waals surface area contributed by atoms with E-state index < -0.39 is 11.7 Å². The zero-order chi connectivity index (χ0) is 31.7. The first-order chi connectivity index (χ1) is 21.7. The van der Waals surface area contributed by atoms with Crippen molar-refractivity contribution >= 4 is 29.1 Å². The van der Waals surface area contributed by atoms with Crippen LogP contribution in [0.1, 0.15) is 65.4 Å². The lowest BCUT2D eigenvalue weighted by Crippen LogP contribution is -2.47. The van der Waals surface area contributed by atoms with Crippen LogP contribution in [0.3, 0.4) is 0 Å². The smallest absolute Gasteiger partial charge is 0.255 e. The van der Waals surface area contributed by atoms with Crippen molar-refractivity contribution in [3.8, 4) is 0 Å². The van der Waals surface area contributed by atoms with Gasteiger partial charge < -0.3 is 24.6 Å². The first kappa shape index (κ1) is 30.6. The van der Waals surface area contributed by atoms with Crippen molar-refractivity contribution in [2.45, 2.75) is 45.6 Å². The summed E-state index contributed by atoms with van der Waals surface area (Å²) in [6, 6.07) is 16.2. The van der Waals surface area contributed by atoms with E-state index in [2.05, 4.69) is 10.2 Å².